The second-order valence-corrected chi connectivity index (χ2v) is 4.23. The third-order valence-electron chi connectivity index (χ3n) is 2.40. The zero-order chi connectivity index (χ0) is 10.6. The smallest absolute Gasteiger partial charge is 0.132 e. The van der Waals surface area contributed by atoms with Gasteiger partial charge in [-0.3, -0.25) is 4.79 Å². The molecule has 2 heteroatoms. The summed E-state index contributed by atoms with van der Waals surface area (Å²) < 4.78 is 0. The van der Waals surface area contributed by atoms with Gasteiger partial charge in [-0.15, -0.1) is 11.6 Å². The van der Waals surface area contributed by atoms with Crippen LogP contribution in [0.3, 0.4) is 0 Å². The van der Waals surface area contributed by atoms with E-state index in [-0.39, 0.29) is 0 Å². The molecule has 0 N–H and O–H groups in total. The van der Waals surface area contributed by atoms with Crippen LogP contribution in [0.2, 0.25) is 0 Å². The molecule has 1 nitrogen and oxygen atoms in total. The Labute approximate surface area is 93.2 Å². The summed E-state index contributed by atoms with van der Waals surface area (Å²) in [5.41, 5.74) is 0. The van der Waals surface area contributed by atoms with Crippen LogP contribution in [0.25, 0.3) is 0 Å². The molecule has 0 radical (unpaired) electrons. The number of unbranched alkanes of at least 4 members (excludes halogenated alkanes) is 5. The van der Waals surface area contributed by atoms with Gasteiger partial charge in [-0.2, -0.15) is 0 Å². The summed E-state index contributed by atoms with van der Waals surface area (Å²) in [5.74, 6) is 1.00. The number of hydrogen-bond acceptors (Lipinski definition) is 1. The Hall–Kier alpha value is -0.0400. The van der Waals surface area contributed by atoms with Gasteiger partial charge in [0.2, 0.25) is 0 Å². The van der Waals surface area contributed by atoms with Gasteiger partial charge in [0.15, 0.2) is 0 Å². The molecule has 0 saturated carbocycles. The van der Waals surface area contributed by atoms with Crippen molar-refractivity contribution in [3.8, 4) is 0 Å². The maximum Gasteiger partial charge on any atom is 0.132 e. The number of halogens is 1. The van der Waals surface area contributed by atoms with Crippen LogP contribution >= 0.6 is 11.6 Å². The summed E-state index contributed by atoms with van der Waals surface area (Å²) in [6.45, 7) is 2.22. The second-order valence-electron chi connectivity index (χ2n) is 3.85. The molecule has 0 atom stereocenters. The van der Waals surface area contributed by atoms with E-state index in [1.54, 1.807) is 0 Å². The van der Waals surface area contributed by atoms with E-state index in [0.717, 1.165) is 19.3 Å². The van der Waals surface area contributed by atoms with Gasteiger partial charge in [-0.05, 0) is 12.8 Å². The summed E-state index contributed by atoms with van der Waals surface area (Å²) in [6.07, 6.45) is 9.81. The first-order chi connectivity index (χ1) is 6.81. The lowest BCUT2D eigenvalue weighted by molar-refractivity contribution is -0.119. The van der Waals surface area contributed by atoms with Gasteiger partial charge in [-0.1, -0.05) is 39.0 Å². The minimum Gasteiger partial charge on any atom is -0.300 e. The highest BCUT2D eigenvalue weighted by Crippen LogP contribution is 2.08. The average Bonchev–Trinajstić information content (AvgIpc) is 2.20. The van der Waals surface area contributed by atoms with Crippen molar-refractivity contribution >= 4 is 17.4 Å². The van der Waals surface area contributed by atoms with Crippen molar-refractivity contribution in [1.29, 1.82) is 0 Å². The molecule has 0 aromatic heterocycles. The molecule has 0 aromatic rings. The highest BCUT2D eigenvalue weighted by Gasteiger charge is 2.00. The van der Waals surface area contributed by atoms with E-state index < -0.39 is 0 Å². The van der Waals surface area contributed by atoms with Crippen molar-refractivity contribution in [1.82, 2.24) is 0 Å². The molecule has 0 amide bonds. The van der Waals surface area contributed by atoms with Crippen LogP contribution < -0.4 is 0 Å². The Kier molecular flexibility index (Phi) is 11.0. The highest BCUT2D eigenvalue weighted by atomic mass is 35.5. The maximum absolute atomic E-state index is 11.2. The van der Waals surface area contributed by atoms with Crippen LogP contribution in [-0.4, -0.2) is 11.7 Å². The Balaban J connectivity index is 3.07. The summed E-state index contributed by atoms with van der Waals surface area (Å²) in [4.78, 5) is 11.2. The summed E-state index contributed by atoms with van der Waals surface area (Å²) >= 11 is 5.51. The molecule has 0 aliphatic heterocycles. The molecule has 14 heavy (non-hydrogen) atoms. The standard InChI is InChI=1S/C12H23ClO/c1-2-3-4-5-6-7-9-12(14)10-8-11-13/h2-11H2,1H3. The van der Waals surface area contributed by atoms with Gasteiger partial charge < -0.3 is 0 Å². The van der Waals surface area contributed by atoms with E-state index in [1.165, 1.54) is 32.1 Å². The van der Waals surface area contributed by atoms with Crippen molar-refractivity contribution in [3.63, 3.8) is 0 Å². The van der Waals surface area contributed by atoms with Crippen molar-refractivity contribution in [3.05, 3.63) is 0 Å². The number of hydrogen-bond donors (Lipinski definition) is 0. The molecule has 0 heterocycles. The van der Waals surface area contributed by atoms with Crippen LogP contribution in [0.1, 0.15) is 64.7 Å². The third-order valence-corrected chi connectivity index (χ3v) is 2.67. The number of carbonyl (C=O) groups excluding carboxylic acids is 1. The van der Waals surface area contributed by atoms with Gasteiger partial charge >= 0.3 is 0 Å². The van der Waals surface area contributed by atoms with E-state index >= 15 is 0 Å². The molecular weight excluding hydrogens is 196 g/mol. The average molecular weight is 219 g/mol. The van der Waals surface area contributed by atoms with Crippen molar-refractivity contribution < 1.29 is 4.79 Å². The van der Waals surface area contributed by atoms with Crippen LogP contribution in [0.15, 0.2) is 0 Å². The lowest BCUT2D eigenvalue weighted by Gasteiger charge is -2.00. The second kappa shape index (κ2) is 11.0. The molecule has 0 unspecified atom stereocenters. The Morgan fingerprint density at radius 2 is 1.50 bits per heavy atom. The fourth-order valence-electron chi connectivity index (χ4n) is 1.49. The topological polar surface area (TPSA) is 17.1 Å². The van der Waals surface area contributed by atoms with E-state index in [4.69, 9.17) is 11.6 Å². The molecule has 0 rings (SSSR count). The minimum atomic E-state index is 0.390. The Morgan fingerprint density at radius 1 is 0.929 bits per heavy atom. The van der Waals surface area contributed by atoms with Gasteiger partial charge in [-0.25, -0.2) is 0 Å². The first-order valence-corrected chi connectivity index (χ1v) is 6.42. The number of ketones is 1. The van der Waals surface area contributed by atoms with Gasteiger partial charge in [0, 0.05) is 18.7 Å². The van der Waals surface area contributed by atoms with Crippen LogP contribution in [0, 0.1) is 0 Å². The number of Topliss-reactive ketones (excluding diaryl/α,β-unsaturated/α-hetero) is 1. The van der Waals surface area contributed by atoms with Crippen molar-refractivity contribution in [2.24, 2.45) is 0 Å². The fraction of sp³-hybridized carbons (Fsp3) is 0.917. The normalized spacial score (nSPS) is 10.4. The first-order valence-electron chi connectivity index (χ1n) is 5.89. The zero-order valence-electron chi connectivity index (χ0n) is 9.36. The van der Waals surface area contributed by atoms with E-state index in [9.17, 15) is 4.79 Å². The number of alkyl halides is 1. The lowest BCUT2D eigenvalue weighted by Crippen LogP contribution is -1.97. The fourth-order valence-corrected chi connectivity index (χ4v) is 1.63. The third kappa shape index (κ3) is 10.0. The van der Waals surface area contributed by atoms with E-state index in [0.29, 0.717) is 18.1 Å². The largest absolute Gasteiger partial charge is 0.300 e. The molecular formula is C12H23ClO. The predicted octanol–water partition coefficient (Wildman–Crippen LogP) is 4.33. The molecule has 0 aliphatic rings. The predicted molar refractivity (Wildman–Crippen MR) is 63.0 cm³/mol. The van der Waals surface area contributed by atoms with E-state index in [2.05, 4.69) is 6.92 Å². The van der Waals surface area contributed by atoms with E-state index in [1.807, 2.05) is 0 Å². The van der Waals surface area contributed by atoms with Crippen LogP contribution in [0.4, 0.5) is 0 Å². The number of rotatable bonds is 10. The molecule has 0 aromatic carbocycles. The Bertz CT molecular complexity index is 134. The van der Waals surface area contributed by atoms with Crippen LogP contribution in [-0.2, 0) is 4.79 Å². The highest BCUT2D eigenvalue weighted by molar-refractivity contribution is 6.17. The zero-order valence-corrected chi connectivity index (χ0v) is 10.1. The van der Waals surface area contributed by atoms with Crippen LogP contribution in [0.5, 0.6) is 0 Å². The summed E-state index contributed by atoms with van der Waals surface area (Å²) in [5, 5.41) is 0. The maximum atomic E-state index is 11.2. The molecule has 84 valence electrons. The Morgan fingerprint density at radius 3 is 2.14 bits per heavy atom. The first kappa shape index (κ1) is 14.0. The summed E-state index contributed by atoms with van der Waals surface area (Å²) in [6, 6.07) is 0. The number of carbonyl (C=O) groups is 1. The molecule has 0 aliphatic carbocycles. The molecule has 0 fully saturated rings. The molecule has 0 bridgehead atoms. The minimum absolute atomic E-state index is 0.390. The van der Waals surface area contributed by atoms with Crippen molar-refractivity contribution in [2.45, 2.75) is 64.7 Å². The SMILES string of the molecule is CCCCCCCCC(=O)CCCCl. The molecule has 0 saturated heterocycles. The lowest BCUT2D eigenvalue weighted by atomic mass is 10.1. The quantitative estimate of drug-likeness (QED) is 0.394. The van der Waals surface area contributed by atoms with Gasteiger partial charge in [0.25, 0.3) is 0 Å². The van der Waals surface area contributed by atoms with Crippen molar-refractivity contribution in [2.75, 3.05) is 5.88 Å². The van der Waals surface area contributed by atoms with Gasteiger partial charge in [0.1, 0.15) is 5.78 Å². The monoisotopic (exact) mass is 218 g/mol. The molecule has 0 spiro atoms. The van der Waals surface area contributed by atoms with Gasteiger partial charge in [0.05, 0.1) is 0 Å². The summed E-state index contributed by atoms with van der Waals surface area (Å²) in [7, 11) is 0.